The van der Waals surface area contributed by atoms with Crippen LogP contribution >= 0.6 is 0 Å². The molecule has 0 bridgehead atoms. The molecule has 2 saturated heterocycles. The van der Waals surface area contributed by atoms with Gasteiger partial charge in [-0.15, -0.1) is 0 Å². The minimum atomic E-state index is 0.149. The fourth-order valence-electron chi connectivity index (χ4n) is 4.25. The minimum Gasteiger partial charge on any atom is -0.340 e. The Morgan fingerprint density at radius 3 is 2.96 bits per heavy atom. The first-order valence-electron chi connectivity index (χ1n) is 8.19. The van der Waals surface area contributed by atoms with Gasteiger partial charge < -0.3 is 9.80 Å². The van der Waals surface area contributed by atoms with E-state index in [0.717, 1.165) is 42.8 Å². The fourth-order valence-corrected chi connectivity index (χ4v) is 4.25. The van der Waals surface area contributed by atoms with Crippen molar-refractivity contribution in [2.75, 3.05) is 33.2 Å². The summed E-state index contributed by atoms with van der Waals surface area (Å²) in [6.45, 7) is 8.48. The molecule has 2 aliphatic heterocycles. The van der Waals surface area contributed by atoms with Crippen LogP contribution in [0.1, 0.15) is 12.5 Å². The molecule has 2 fully saturated rings. The van der Waals surface area contributed by atoms with Gasteiger partial charge in [0.1, 0.15) is 6.54 Å². The number of fused-ring (bicyclic) bond motifs is 2. The molecule has 2 aromatic rings. The van der Waals surface area contributed by atoms with Crippen molar-refractivity contribution >= 4 is 16.9 Å². The smallest absolute Gasteiger partial charge is 0.244 e. The first-order chi connectivity index (χ1) is 10.9. The van der Waals surface area contributed by atoms with Crippen LogP contribution in [0.5, 0.6) is 0 Å². The molecule has 23 heavy (non-hydrogen) atoms. The highest BCUT2D eigenvalue weighted by atomic mass is 16.2. The summed E-state index contributed by atoms with van der Waals surface area (Å²) in [5.41, 5.74) is 2.13. The standard InChI is InChI=1S/C17H23N5O/c1-12-4-13-6-19-22(16(13)18-5-12)9-15(23)21-8-14-7-20(3)10-17(14,2)11-21/h4-6,14H,7-11H2,1-3H3/t14-,17+/m1/s1. The van der Waals surface area contributed by atoms with E-state index in [4.69, 9.17) is 0 Å². The molecule has 122 valence electrons. The molecule has 0 aliphatic carbocycles. The SMILES string of the molecule is Cc1cnc2c(cnn2CC(=O)N2C[C@H]3CN(C)C[C@@]3(C)C2)c1. The summed E-state index contributed by atoms with van der Waals surface area (Å²) in [6, 6.07) is 2.05. The Balaban J connectivity index is 1.50. The Labute approximate surface area is 136 Å². The van der Waals surface area contributed by atoms with Gasteiger partial charge in [-0.05, 0) is 31.5 Å². The molecular formula is C17H23N5O. The average Bonchev–Trinajstić information content (AvgIpc) is 3.08. The number of rotatable bonds is 2. The molecule has 4 rings (SSSR count). The molecule has 0 radical (unpaired) electrons. The van der Waals surface area contributed by atoms with Crippen molar-refractivity contribution < 1.29 is 4.79 Å². The molecule has 2 aromatic heterocycles. The van der Waals surface area contributed by atoms with E-state index in [1.165, 1.54) is 0 Å². The van der Waals surface area contributed by atoms with Crippen LogP contribution in [-0.2, 0) is 11.3 Å². The highest BCUT2D eigenvalue weighted by Gasteiger charge is 2.49. The van der Waals surface area contributed by atoms with E-state index >= 15 is 0 Å². The third kappa shape index (κ3) is 2.41. The summed E-state index contributed by atoms with van der Waals surface area (Å²) >= 11 is 0. The van der Waals surface area contributed by atoms with Gasteiger partial charge >= 0.3 is 0 Å². The van der Waals surface area contributed by atoms with Gasteiger partial charge in [-0.1, -0.05) is 6.92 Å². The van der Waals surface area contributed by atoms with Crippen LogP contribution in [0.25, 0.3) is 11.0 Å². The van der Waals surface area contributed by atoms with Gasteiger partial charge in [0.2, 0.25) is 5.91 Å². The summed E-state index contributed by atoms with van der Waals surface area (Å²) in [6.07, 6.45) is 3.61. The second-order valence-corrected chi connectivity index (χ2v) is 7.55. The Morgan fingerprint density at radius 1 is 1.35 bits per heavy atom. The first-order valence-corrected chi connectivity index (χ1v) is 8.19. The normalized spacial score (nSPS) is 27.8. The minimum absolute atomic E-state index is 0.149. The van der Waals surface area contributed by atoms with E-state index < -0.39 is 0 Å². The van der Waals surface area contributed by atoms with Crippen molar-refractivity contribution in [2.24, 2.45) is 11.3 Å². The molecule has 0 aromatic carbocycles. The molecule has 6 nitrogen and oxygen atoms in total. The second-order valence-electron chi connectivity index (χ2n) is 7.55. The molecular weight excluding hydrogens is 290 g/mol. The van der Waals surface area contributed by atoms with Gasteiger partial charge in [0.05, 0.1) is 6.20 Å². The van der Waals surface area contributed by atoms with E-state index in [0.29, 0.717) is 5.92 Å². The van der Waals surface area contributed by atoms with E-state index in [2.05, 4.69) is 29.0 Å². The summed E-state index contributed by atoms with van der Waals surface area (Å²) < 4.78 is 1.72. The van der Waals surface area contributed by atoms with Crippen LogP contribution < -0.4 is 0 Å². The monoisotopic (exact) mass is 313 g/mol. The largest absolute Gasteiger partial charge is 0.340 e. The third-order valence-electron chi connectivity index (χ3n) is 5.39. The Kier molecular flexibility index (Phi) is 3.20. The lowest BCUT2D eigenvalue weighted by Gasteiger charge is -2.24. The van der Waals surface area contributed by atoms with Gasteiger partial charge in [0.25, 0.3) is 0 Å². The molecule has 0 N–H and O–H groups in total. The molecule has 0 saturated carbocycles. The van der Waals surface area contributed by atoms with Crippen molar-refractivity contribution in [3.05, 3.63) is 24.0 Å². The van der Waals surface area contributed by atoms with Crippen LogP contribution in [-0.4, -0.2) is 63.7 Å². The Morgan fingerprint density at radius 2 is 2.17 bits per heavy atom. The zero-order valence-corrected chi connectivity index (χ0v) is 14.0. The fraction of sp³-hybridized carbons (Fsp3) is 0.588. The van der Waals surface area contributed by atoms with E-state index in [1.54, 1.807) is 10.9 Å². The van der Waals surface area contributed by atoms with E-state index in [1.807, 2.05) is 24.1 Å². The Hall–Kier alpha value is -1.95. The highest BCUT2D eigenvalue weighted by Crippen LogP contribution is 2.41. The number of nitrogens with zero attached hydrogens (tertiary/aromatic N) is 5. The second kappa shape index (κ2) is 5.03. The van der Waals surface area contributed by atoms with Crippen LogP contribution in [0.4, 0.5) is 0 Å². The number of aromatic nitrogens is 3. The summed E-state index contributed by atoms with van der Waals surface area (Å²) in [5.74, 6) is 0.738. The molecule has 0 unspecified atom stereocenters. The van der Waals surface area contributed by atoms with Crippen molar-refractivity contribution in [3.63, 3.8) is 0 Å². The number of hydrogen-bond donors (Lipinski definition) is 0. The predicted octanol–water partition coefficient (Wildman–Crippen LogP) is 1.15. The van der Waals surface area contributed by atoms with Crippen LogP contribution in [0, 0.1) is 18.3 Å². The quantitative estimate of drug-likeness (QED) is 0.834. The maximum atomic E-state index is 12.7. The molecule has 4 heterocycles. The average molecular weight is 313 g/mol. The lowest BCUT2D eigenvalue weighted by atomic mass is 9.83. The maximum Gasteiger partial charge on any atom is 0.244 e. The zero-order chi connectivity index (χ0) is 16.2. The summed E-state index contributed by atoms with van der Waals surface area (Å²) in [7, 11) is 2.17. The number of carbonyl (C=O) groups excluding carboxylic acids is 1. The molecule has 0 spiro atoms. The summed E-state index contributed by atoms with van der Waals surface area (Å²) in [4.78, 5) is 21.5. The van der Waals surface area contributed by atoms with Gasteiger partial charge in [-0.25, -0.2) is 9.67 Å². The number of pyridine rings is 1. The van der Waals surface area contributed by atoms with Gasteiger partial charge in [-0.2, -0.15) is 5.10 Å². The number of amides is 1. The topological polar surface area (TPSA) is 54.3 Å². The molecule has 2 aliphatic rings. The lowest BCUT2D eigenvalue weighted by Crippen LogP contribution is -2.36. The summed E-state index contributed by atoms with van der Waals surface area (Å²) in [5, 5.41) is 5.34. The molecule has 6 heteroatoms. The van der Waals surface area contributed by atoms with Crippen LogP contribution in [0.15, 0.2) is 18.5 Å². The number of likely N-dealkylation sites (tertiary alicyclic amines) is 2. The number of hydrogen-bond acceptors (Lipinski definition) is 4. The Bertz CT molecular complexity index is 769. The predicted molar refractivity (Wildman–Crippen MR) is 87.9 cm³/mol. The van der Waals surface area contributed by atoms with E-state index in [-0.39, 0.29) is 17.9 Å². The number of aryl methyl sites for hydroxylation is 1. The zero-order valence-electron chi connectivity index (χ0n) is 14.0. The van der Waals surface area contributed by atoms with Gasteiger partial charge in [0.15, 0.2) is 5.65 Å². The van der Waals surface area contributed by atoms with Crippen LogP contribution in [0.2, 0.25) is 0 Å². The first kappa shape index (κ1) is 14.6. The number of carbonyl (C=O) groups is 1. The van der Waals surface area contributed by atoms with Crippen LogP contribution in [0.3, 0.4) is 0 Å². The molecule has 2 atom stereocenters. The maximum absolute atomic E-state index is 12.7. The lowest BCUT2D eigenvalue weighted by molar-refractivity contribution is -0.131. The third-order valence-corrected chi connectivity index (χ3v) is 5.39. The van der Waals surface area contributed by atoms with Crippen molar-refractivity contribution in [1.82, 2.24) is 24.6 Å². The van der Waals surface area contributed by atoms with Crippen molar-refractivity contribution in [2.45, 2.75) is 20.4 Å². The molecule has 1 amide bonds. The van der Waals surface area contributed by atoms with Gasteiger partial charge in [-0.3, -0.25) is 4.79 Å². The highest BCUT2D eigenvalue weighted by molar-refractivity contribution is 5.80. The van der Waals surface area contributed by atoms with Gasteiger partial charge in [0, 0.05) is 43.2 Å². The van der Waals surface area contributed by atoms with E-state index in [9.17, 15) is 4.79 Å². The van der Waals surface area contributed by atoms with Crippen molar-refractivity contribution in [1.29, 1.82) is 0 Å². The van der Waals surface area contributed by atoms with Crippen molar-refractivity contribution in [3.8, 4) is 0 Å².